The highest BCUT2D eigenvalue weighted by Gasteiger charge is 2.36. The zero-order valence-corrected chi connectivity index (χ0v) is 10.6. The molecule has 1 fully saturated rings. The standard InChI is InChI=1S/C14H24O2/c1-3-14(4-2)10-15-13(16-11-14)12-8-6-5-7-9-12/h5-6,12-13H,3-4,7-11H2,1-2H3/t12-/m1/s1. The van der Waals surface area contributed by atoms with Gasteiger partial charge in [-0.3, -0.25) is 0 Å². The lowest BCUT2D eigenvalue weighted by Crippen LogP contribution is -2.44. The predicted molar refractivity (Wildman–Crippen MR) is 65.2 cm³/mol. The predicted octanol–water partition coefficient (Wildman–Crippen LogP) is 3.52. The van der Waals surface area contributed by atoms with Crippen LogP contribution in [-0.2, 0) is 9.47 Å². The van der Waals surface area contributed by atoms with Crippen molar-refractivity contribution in [2.45, 2.75) is 52.2 Å². The average molecular weight is 224 g/mol. The minimum absolute atomic E-state index is 0.0520. The summed E-state index contributed by atoms with van der Waals surface area (Å²) in [5.74, 6) is 0.580. The van der Waals surface area contributed by atoms with Gasteiger partial charge in [0.2, 0.25) is 0 Å². The fourth-order valence-corrected chi connectivity index (χ4v) is 2.60. The molecule has 1 aliphatic carbocycles. The fraction of sp³-hybridized carbons (Fsp3) is 0.857. The lowest BCUT2D eigenvalue weighted by Gasteiger charge is -2.41. The van der Waals surface area contributed by atoms with Crippen molar-refractivity contribution in [3.63, 3.8) is 0 Å². The summed E-state index contributed by atoms with van der Waals surface area (Å²) in [6.45, 7) is 6.23. The van der Waals surface area contributed by atoms with Crippen molar-refractivity contribution in [2.24, 2.45) is 11.3 Å². The molecule has 2 nitrogen and oxygen atoms in total. The molecule has 0 unspecified atom stereocenters. The third-order valence-corrected chi connectivity index (χ3v) is 4.30. The Kier molecular flexibility index (Phi) is 4.04. The van der Waals surface area contributed by atoms with Gasteiger partial charge in [0.1, 0.15) is 0 Å². The second-order valence-corrected chi connectivity index (χ2v) is 5.24. The van der Waals surface area contributed by atoms with Gasteiger partial charge in [0.25, 0.3) is 0 Å². The fourth-order valence-electron chi connectivity index (χ4n) is 2.60. The van der Waals surface area contributed by atoms with E-state index in [9.17, 15) is 0 Å². The van der Waals surface area contributed by atoms with Gasteiger partial charge in [-0.1, -0.05) is 26.0 Å². The molecule has 0 amide bonds. The van der Waals surface area contributed by atoms with Crippen LogP contribution in [0.3, 0.4) is 0 Å². The summed E-state index contributed by atoms with van der Waals surface area (Å²) in [6, 6.07) is 0. The largest absolute Gasteiger partial charge is 0.352 e. The summed E-state index contributed by atoms with van der Waals surface area (Å²) in [5, 5.41) is 0. The monoisotopic (exact) mass is 224 g/mol. The minimum Gasteiger partial charge on any atom is -0.352 e. The molecular formula is C14H24O2. The topological polar surface area (TPSA) is 18.5 Å². The van der Waals surface area contributed by atoms with Crippen molar-refractivity contribution < 1.29 is 9.47 Å². The number of allylic oxidation sites excluding steroid dienone is 2. The van der Waals surface area contributed by atoms with E-state index in [0.717, 1.165) is 32.5 Å². The van der Waals surface area contributed by atoms with Crippen molar-refractivity contribution in [3.8, 4) is 0 Å². The number of rotatable bonds is 3. The minimum atomic E-state index is 0.0520. The van der Waals surface area contributed by atoms with E-state index in [1.54, 1.807) is 0 Å². The summed E-state index contributed by atoms with van der Waals surface area (Å²) in [7, 11) is 0. The first-order chi connectivity index (χ1) is 7.79. The van der Waals surface area contributed by atoms with E-state index >= 15 is 0 Å². The molecule has 2 aliphatic rings. The number of ether oxygens (including phenoxy) is 2. The van der Waals surface area contributed by atoms with Gasteiger partial charge in [-0.05, 0) is 32.1 Å². The maximum absolute atomic E-state index is 5.96. The van der Waals surface area contributed by atoms with Crippen molar-refractivity contribution >= 4 is 0 Å². The smallest absolute Gasteiger partial charge is 0.160 e. The molecule has 0 saturated carbocycles. The SMILES string of the molecule is CCC1(CC)COC([C@@H]2CC=CCC2)OC1. The number of hydrogen-bond donors (Lipinski definition) is 0. The summed E-state index contributed by atoms with van der Waals surface area (Å²) in [4.78, 5) is 0. The Morgan fingerprint density at radius 1 is 1.12 bits per heavy atom. The molecule has 2 rings (SSSR count). The Balaban J connectivity index is 1.86. The van der Waals surface area contributed by atoms with Crippen LogP contribution in [0.2, 0.25) is 0 Å². The molecule has 92 valence electrons. The van der Waals surface area contributed by atoms with Crippen molar-refractivity contribution in [1.29, 1.82) is 0 Å². The van der Waals surface area contributed by atoms with E-state index < -0.39 is 0 Å². The van der Waals surface area contributed by atoms with Gasteiger partial charge in [0.15, 0.2) is 6.29 Å². The highest BCUT2D eigenvalue weighted by molar-refractivity contribution is 4.92. The Hall–Kier alpha value is -0.340. The quantitative estimate of drug-likeness (QED) is 0.683. The molecule has 2 heteroatoms. The van der Waals surface area contributed by atoms with Crippen LogP contribution in [0, 0.1) is 11.3 Å². The molecule has 1 heterocycles. The molecule has 0 radical (unpaired) electrons. The van der Waals surface area contributed by atoms with Crippen LogP contribution in [0.15, 0.2) is 12.2 Å². The van der Waals surface area contributed by atoms with Crippen LogP contribution in [0.25, 0.3) is 0 Å². The van der Waals surface area contributed by atoms with Gasteiger partial charge in [0, 0.05) is 11.3 Å². The van der Waals surface area contributed by atoms with Crippen molar-refractivity contribution in [1.82, 2.24) is 0 Å². The van der Waals surface area contributed by atoms with Gasteiger partial charge < -0.3 is 9.47 Å². The first kappa shape index (κ1) is 12.1. The molecule has 1 saturated heterocycles. The van der Waals surface area contributed by atoms with Gasteiger partial charge in [0.05, 0.1) is 13.2 Å². The lowest BCUT2D eigenvalue weighted by atomic mass is 9.83. The zero-order valence-electron chi connectivity index (χ0n) is 10.6. The van der Waals surface area contributed by atoms with E-state index in [1.807, 2.05) is 0 Å². The van der Waals surface area contributed by atoms with Crippen LogP contribution >= 0.6 is 0 Å². The van der Waals surface area contributed by atoms with Crippen LogP contribution in [0.5, 0.6) is 0 Å². The van der Waals surface area contributed by atoms with Gasteiger partial charge in [-0.15, -0.1) is 0 Å². The molecule has 0 N–H and O–H groups in total. The summed E-state index contributed by atoms with van der Waals surface area (Å²) in [6.07, 6.45) is 10.4. The van der Waals surface area contributed by atoms with E-state index in [1.165, 1.54) is 12.8 Å². The molecule has 0 aromatic heterocycles. The van der Waals surface area contributed by atoms with E-state index in [-0.39, 0.29) is 11.7 Å². The molecule has 1 atom stereocenters. The molecular weight excluding hydrogens is 200 g/mol. The first-order valence-electron chi connectivity index (χ1n) is 6.68. The van der Waals surface area contributed by atoms with Crippen LogP contribution in [0.1, 0.15) is 46.0 Å². The Morgan fingerprint density at radius 2 is 1.81 bits per heavy atom. The number of hydrogen-bond acceptors (Lipinski definition) is 2. The normalized spacial score (nSPS) is 30.5. The molecule has 0 spiro atoms. The summed E-state index contributed by atoms with van der Waals surface area (Å²) >= 11 is 0. The Labute approximate surface area is 99.0 Å². The Bertz CT molecular complexity index is 233. The molecule has 16 heavy (non-hydrogen) atoms. The second-order valence-electron chi connectivity index (χ2n) is 5.24. The maximum atomic E-state index is 5.96. The Morgan fingerprint density at radius 3 is 2.31 bits per heavy atom. The highest BCUT2D eigenvalue weighted by atomic mass is 16.7. The zero-order chi connectivity index (χ0) is 11.4. The highest BCUT2D eigenvalue weighted by Crippen LogP contribution is 2.35. The van der Waals surface area contributed by atoms with E-state index in [4.69, 9.17) is 9.47 Å². The average Bonchev–Trinajstić information content (AvgIpc) is 2.40. The van der Waals surface area contributed by atoms with Crippen molar-refractivity contribution in [3.05, 3.63) is 12.2 Å². The second kappa shape index (κ2) is 5.33. The molecule has 0 aromatic rings. The van der Waals surface area contributed by atoms with Gasteiger partial charge in [-0.2, -0.15) is 0 Å². The first-order valence-corrected chi connectivity index (χ1v) is 6.68. The molecule has 0 bridgehead atoms. The lowest BCUT2D eigenvalue weighted by molar-refractivity contribution is -0.252. The van der Waals surface area contributed by atoms with Gasteiger partial charge in [-0.25, -0.2) is 0 Å². The van der Waals surface area contributed by atoms with Crippen LogP contribution in [0.4, 0.5) is 0 Å². The van der Waals surface area contributed by atoms with Crippen LogP contribution in [-0.4, -0.2) is 19.5 Å². The van der Waals surface area contributed by atoms with Crippen molar-refractivity contribution in [2.75, 3.05) is 13.2 Å². The van der Waals surface area contributed by atoms with E-state index in [0.29, 0.717) is 5.92 Å². The summed E-state index contributed by atoms with van der Waals surface area (Å²) in [5.41, 5.74) is 0.279. The molecule has 1 aliphatic heterocycles. The molecule has 0 aromatic carbocycles. The van der Waals surface area contributed by atoms with Crippen LogP contribution < -0.4 is 0 Å². The maximum Gasteiger partial charge on any atom is 0.160 e. The third kappa shape index (κ3) is 2.49. The summed E-state index contributed by atoms with van der Waals surface area (Å²) < 4.78 is 11.9. The third-order valence-electron chi connectivity index (χ3n) is 4.30. The van der Waals surface area contributed by atoms with Gasteiger partial charge >= 0.3 is 0 Å². The van der Waals surface area contributed by atoms with E-state index in [2.05, 4.69) is 26.0 Å².